The van der Waals surface area contributed by atoms with Crippen molar-refractivity contribution in [3.63, 3.8) is 0 Å². The average Bonchev–Trinajstić information content (AvgIpc) is 2.48. The summed E-state index contributed by atoms with van der Waals surface area (Å²) in [6.45, 7) is 4.73. The van der Waals surface area contributed by atoms with Crippen LogP contribution < -0.4 is 5.73 Å². The van der Waals surface area contributed by atoms with Crippen molar-refractivity contribution in [1.82, 2.24) is 4.90 Å². The molecular formula is C15H22N2O2. The number of morpholine rings is 1. The standard InChI is InChI=1S/C15H22N2O2/c1-2-14-11-17(9-10-19-14)15(18)13-5-3-12(4-6-13)7-8-16/h3-6,14H,2,7-11,16H2,1H3. The minimum absolute atomic E-state index is 0.0982. The Labute approximate surface area is 114 Å². The number of rotatable bonds is 4. The number of nitrogens with zero attached hydrogens (tertiary/aromatic N) is 1. The highest BCUT2D eigenvalue weighted by atomic mass is 16.5. The lowest BCUT2D eigenvalue weighted by Gasteiger charge is -2.32. The van der Waals surface area contributed by atoms with E-state index in [0.717, 1.165) is 18.4 Å². The number of benzene rings is 1. The van der Waals surface area contributed by atoms with Crippen molar-refractivity contribution in [1.29, 1.82) is 0 Å². The van der Waals surface area contributed by atoms with E-state index in [1.807, 2.05) is 29.2 Å². The molecule has 1 unspecified atom stereocenters. The zero-order chi connectivity index (χ0) is 13.7. The molecule has 19 heavy (non-hydrogen) atoms. The molecule has 0 radical (unpaired) electrons. The molecule has 4 heteroatoms. The first-order chi connectivity index (χ1) is 9.24. The smallest absolute Gasteiger partial charge is 0.254 e. The van der Waals surface area contributed by atoms with Crippen LogP contribution in [0.3, 0.4) is 0 Å². The lowest BCUT2D eigenvalue weighted by molar-refractivity contribution is -0.0226. The molecule has 1 heterocycles. The molecule has 1 atom stereocenters. The van der Waals surface area contributed by atoms with E-state index in [1.165, 1.54) is 5.56 Å². The molecule has 0 aromatic heterocycles. The quantitative estimate of drug-likeness (QED) is 0.893. The van der Waals surface area contributed by atoms with Crippen LogP contribution in [0, 0.1) is 0 Å². The van der Waals surface area contributed by atoms with E-state index in [-0.39, 0.29) is 12.0 Å². The van der Waals surface area contributed by atoms with Crippen molar-refractivity contribution in [2.45, 2.75) is 25.9 Å². The Bertz CT molecular complexity index is 417. The SMILES string of the molecule is CCC1CN(C(=O)c2ccc(CCN)cc2)CCO1. The summed E-state index contributed by atoms with van der Waals surface area (Å²) in [5.41, 5.74) is 7.44. The van der Waals surface area contributed by atoms with Gasteiger partial charge < -0.3 is 15.4 Å². The maximum Gasteiger partial charge on any atom is 0.254 e. The van der Waals surface area contributed by atoms with E-state index in [1.54, 1.807) is 0 Å². The van der Waals surface area contributed by atoms with Crippen LogP contribution >= 0.6 is 0 Å². The van der Waals surface area contributed by atoms with Crippen molar-refractivity contribution < 1.29 is 9.53 Å². The fourth-order valence-corrected chi connectivity index (χ4v) is 2.31. The third-order valence-corrected chi connectivity index (χ3v) is 3.52. The van der Waals surface area contributed by atoms with Crippen molar-refractivity contribution in [3.8, 4) is 0 Å². The van der Waals surface area contributed by atoms with Gasteiger partial charge >= 0.3 is 0 Å². The van der Waals surface area contributed by atoms with Crippen LogP contribution in [0.5, 0.6) is 0 Å². The highest BCUT2D eigenvalue weighted by molar-refractivity contribution is 5.94. The Morgan fingerprint density at radius 3 is 2.79 bits per heavy atom. The first-order valence-corrected chi connectivity index (χ1v) is 6.94. The molecule has 1 aliphatic rings. The predicted octanol–water partition coefficient (Wildman–Crippen LogP) is 1.44. The zero-order valence-electron chi connectivity index (χ0n) is 11.5. The number of nitrogens with two attached hydrogens (primary N) is 1. The minimum Gasteiger partial charge on any atom is -0.375 e. The summed E-state index contributed by atoms with van der Waals surface area (Å²) in [6, 6.07) is 7.75. The predicted molar refractivity (Wildman–Crippen MR) is 75.1 cm³/mol. The monoisotopic (exact) mass is 262 g/mol. The second-order valence-electron chi connectivity index (χ2n) is 4.89. The molecule has 1 saturated heterocycles. The first kappa shape index (κ1) is 14.0. The van der Waals surface area contributed by atoms with Crippen LogP contribution in [0.1, 0.15) is 29.3 Å². The summed E-state index contributed by atoms with van der Waals surface area (Å²) in [4.78, 5) is 14.3. The molecule has 0 aliphatic carbocycles. The number of amides is 1. The largest absolute Gasteiger partial charge is 0.375 e. The third-order valence-electron chi connectivity index (χ3n) is 3.52. The first-order valence-electron chi connectivity index (χ1n) is 6.94. The molecule has 0 saturated carbocycles. The number of carbonyl (C=O) groups excluding carboxylic acids is 1. The van der Waals surface area contributed by atoms with E-state index in [4.69, 9.17) is 10.5 Å². The molecule has 4 nitrogen and oxygen atoms in total. The van der Waals surface area contributed by atoms with E-state index < -0.39 is 0 Å². The van der Waals surface area contributed by atoms with Crippen LogP contribution in [0.2, 0.25) is 0 Å². The molecule has 2 N–H and O–H groups in total. The van der Waals surface area contributed by atoms with Crippen molar-refractivity contribution in [2.24, 2.45) is 5.73 Å². The van der Waals surface area contributed by atoms with Crippen LogP contribution in [0.15, 0.2) is 24.3 Å². The second-order valence-corrected chi connectivity index (χ2v) is 4.89. The Balaban J connectivity index is 2.02. The van der Waals surface area contributed by atoms with Gasteiger partial charge in [0.15, 0.2) is 0 Å². The lowest BCUT2D eigenvalue weighted by Crippen LogP contribution is -2.45. The van der Waals surface area contributed by atoms with Crippen LogP contribution in [-0.2, 0) is 11.2 Å². The summed E-state index contributed by atoms with van der Waals surface area (Å²) in [7, 11) is 0. The zero-order valence-corrected chi connectivity index (χ0v) is 11.5. The molecule has 0 spiro atoms. The maximum absolute atomic E-state index is 12.4. The fraction of sp³-hybridized carbons (Fsp3) is 0.533. The Morgan fingerprint density at radius 2 is 2.16 bits per heavy atom. The van der Waals surface area contributed by atoms with Gasteiger partial charge in [-0.05, 0) is 37.1 Å². The van der Waals surface area contributed by atoms with Gasteiger partial charge in [-0.2, -0.15) is 0 Å². The average molecular weight is 262 g/mol. The van der Waals surface area contributed by atoms with E-state index in [2.05, 4.69) is 6.92 Å². The van der Waals surface area contributed by atoms with E-state index in [0.29, 0.717) is 26.2 Å². The topological polar surface area (TPSA) is 55.6 Å². The van der Waals surface area contributed by atoms with Gasteiger partial charge in [-0.15, -0.1) is 0 Å². The maximum atomic E-state index is 12.4. The molecule has 1 fully saturated rings. The van der Waals surface area contributed by atoms with Gasteiger partial charge in [0.25, 0.3) is 5.91 Å². The number of hydrogen-bond donors (Lipinski definition) is 1. The minimum atomic E-state index is 0.0982. The third kappa shape index (κ3) is 3.55. The van der Waals surface area contributed by atoms with Gasteiger partial charge in [-0.25, -0.2) is 0 Å². The molecule has 0 bridgehead atoms. The molecule has 1 amide bonds. The van der Waals surface area contributed by atoms with E-state index in [9.17, 15) is 4.79 Å². The van der Waals surface area contributed by atoms with Crippen molar-refractivity contribution >= 4 is 5.91 Å². The second kappa shape index (κ2) is 6.68. The van der Waals surface area contributed by atoms with E-state index >= 15 is 0 Å². The summed E-state index contributed by atoms with van der Waals surface area (Å²) < 4.78 is 5.59. The molecule has 104 valence electrons. The van der Waals surface area contributed by atoms with Gasteiger partial charge in [-0.3, -0.25) is 4.79 Å². The number of ether oxygens (including phenoxy) is 1. The Kier molecular flexibility index (Phi) is 4.93. The Hall–Kier alpha value is -1.39. The molecule has 1 aliphatic heterocycles. The van der Waals surface area contributed by atoms with Gasteiger partial charge in [0.2, 0.25) is 0 Å². The van der Waals surface area contributed by atoms with Crippen molar-refractivity contribution in [2.75, 3.05) is 26.2 Å². The van der Waals surface area contributed by atoms with Crippen molar-refractivity contribution in [3.05, 3.63) is 35.4 Å². The van der Waals surface area contributed by atoms with Gasteiger partial charge in [-0.1, -0.05) is 19.1 Å². The molecule has 1 aromatic rings. The highest BCUT2D eigenvalue weighted by Gasteiger charge is 2.23. The summed E-state index contributed by atoms with van der Waals surface area (Å²) >= 11 is 0. The fourth-order valence-electron chi connectivity index (χ4n) is 2.31. The summed E-state index contributed by atoms with van der Waals surface area (Å²) in [5, 5.41) is 0. The molecule has 2 rings (SSSR count). The Morgan fingerprint density at radius 1 is 1.42 bits per heavy atom. The van der Waals surface area contributed by atoms with Gasteiger partial charge in [0, 0.05) is 18.7 Å². The van der Waals surface area contributed by atoms with Crippen LogP contribution in [0.25, 0.3) is 0 Å². The number of carbonyl (C=O) groups is 1. The molecular weight excluding hydrogens is 240 g/mol. The summed E-state index contributed by atoms with van der Waals surface area (Å²) in [6.07, 6.45) is 1.97. The number of hydrogen-bond acceptors (Lipinski definition) is 3. The van der Waals surface area contributed by atoms with Crippen LogP contribution in [0.4, 0.5) is 0 Å². The highest BCUT2D eigenvalue weighted by Crippen LogP contribution is 2.13. The summed E-state index contributed by atoms with van der Waals surface area (Å²) in [5.74, 6) is 0.0982. The molecule has 1 aromatic carbocycles. The van der Waals surface area contributed by atoms with Gasteiger partial charge in [0.05, 0.1) is 12.7 Å². The van der Waals surface area contributed by atoms with Crippen LogP contribution in [-0.4, -0.2) is 43.2 Å². The van der Waals surface area contributed by atoms with Gasteiger partial charge in [0.1, 0.15) is 0 Å². The normalized spacial score (nSPS) is 19.5. The lowest BCUT2D eigenvalue weighted by atomic mass is 10.1.